The summed E-state index contributed by atoms with van der Waals surface area (Å²) in [5, 5.41) is 0.516. The van der Waals surface area contributed by atoms with Crippen LogP contribution in [0.3, 0.4) is 0 Å². The molecule has 0 unspecified atom stereocenters. The number of hydrogen-bond donors (Lipinski definition) is 0. The van der Waals surface area contributed by atoms with E-state index in [9.17, 15) is 6.85 Å². The molecule has 0 radical (unpaired) electrons. The fourth-order valence-electron chi connectivity index (χ4n) is 8.63. The zero-order chi connectivity index (χ0) is 39.9. The summed E-state index contributed by atoms with van der Waals surface area (Å²) in [5.41, 5.74) is 11.3. The number of hydrogen-bond acceptors (Lipinski definition) is 1. The summed E-state index contributed by atoms with van der Waals surface area (Å²) in [7, 11) is 0. The molecule has 2 aliphatic rings. The van der Waals surface area contributed by atoms with Crippen molar-refractivity contribution < 1.29 is 9.60 Å². The molecule has 0 atom stereocenters. The van der Waals surface area contributed by atoms with Crippen LogP contribution in [0.1, 0.15) is 59.5 Å². The van der Waals surface area contributed by atoms with E-state index in [1.807, 2.05) is 47.4 Å². The summed E-state index contributed by atoms with van der Waals surface area (Å²) in [6.45, 7) is 8.87. The molecular weight excluding hydrogens is 605 g/mol. The third-order valence-corrected chi connectivity index (χ3v) is 11.1. The van der Waals surface area contributed by atoms with Crippen LogP contribution in [0.25, 0.3) is 49.7 Å². The van der Waals surface area contributed by atoms with Crippen molar-refractivity contribution in [2.45, 2.75) is 38.5 Å². The molecule has 1 aromatic heterocycles. The van der Waals surface area contributed by atoms with Gasteiger partial charge in [0.2, 0.25) is 0 Å². The van der Waals surface area contributed by atoms with Gasteiger partial charge >= 0.3 is 0 Å². The van der Waals surface area contributed by atoms with E-state index in [-0.39, 0.29) is 63.1 Å². The quantitative estimate of drug-likeness (QED) is 0.184. The molecule has 2 nitrogen and oxygen atoms in total. The van der Waals surface area contributed by atoms with Gasteiger partial charge in [0.05, 0.1) is 26.3 Å². The van der Waals surface area contributed by atoms with Crippen LogP contribution in [0, 0.1) is 0 Å². The number of benzene rings is 7. The van der Waals surface area contributed by atoms with Gasteiger partial charge in [-0.25, -0.2) is 0 Å². The minimum atomic E-state index is -0.404. The van der Waals surface area contributed by atoms with Gasteiger partial charge in [-0.1, -0.05) is 131 Å². The number of anilines is 3. The fourth-order valence-corrected chi connectivity index (χ4v) is 8.63. The normalized spacial score (nSPS) is 16.7. The minimum absolute atomic E-state index is 0.193. The average Bonchev–Trinajstić information content (AvgIpc) is 3.78. The zero-order valence-corrected chi connectivity index (χ0v) is 28.4. The highest BCUT2D eigenvalue weighted by atomic mass is 15.1. The Morgan fingerprint density at radius 3 is 1.64 bits per heavy atom. The minimum Gasteiger partial charge on any atom is -0.310 e. The highest BCUT2D eigenvalue weighted by molar-refractivity contribution is 6.16. The van der Waals surface area contributed by atoms with E-state index in [0.29, 0.717) is 11.1 Å². The largest absolute Gasteiger partial charge is 0.310 e. The van der Waals surface area contributed by atoms with Crippen LogP contribution in [0.4, 0.5) is 17.1 Å². The molecule has 7 aromatic carbocycles. The van der Waals surface area contributed by atoms with Gasteiger partial charge in [-0.15, -0.1) is 0 Å². The highest BCUT2D eigenvalue weighted by Gasteiger charge is 2.38. The second-order valence-electron chi connectivity index (χ2n) is 14.5. The summed E-state index contributed by atoms with van der Waals surface area (Å²) in [5.74, 6) is 0. The molecule has 0 aliphatic heterocycles. The van der Waals surface area contributed by atoms with E-state index in [4.69, 9.17) is 2.74 Å². The van der Waals surface area contributed by atoms with E-state index in [1.54, 1.807) is 4.57 Å². The van der Waals surface area contributed by atoms with Crippen molar-refractivity contribution in [3.63, 3.8) is 0 Å². The van der Waals surface area contributed by atoms with Crippen molar-refractivity contribution in [3.05, 3.63) is 180 Å². The van der Waals surface area contributed by atoms with Gasteiger partial charge in [0.15, 0.2) is 0 Å². The second kappa shape index (κ2) is 10.3. The maximum Gasteiger partial charge on any atom is 0.0645 e. The van der Waals surface area contributed by atoms with Crippen molar-refractivity contribution in [2.75, 3.05) is 4.90 Å². The zero-order valence-electron chi connectivity index (χ0n) is 35.4. The molecule has 10 rings (SSSR count). The van der Waals surface area contributed by atoms with Crippen LogP contribution in [-0.4, -0.2) is 4.57 Å². The van der Waals surface area contributed by atoms with Gasteiger partial charge in [-0.2, -0.15) is 0 Å². The Kier molecular flexibility index (Phi) is 4.69. The summed E-state index contributed by atoms with van der Waals surface area (Å²) in [6.07, 6.45) is 0. The monoisotopic (exact) mass is 649 g/mol. The predicted octanol–water partition coefficient (Wildman–Crippen LogP) is 12.9. The first kappa shape index (κ1) is 22.7. The molecule has 2 aliphatic carbocycles. The predicted molar refractivity (Wildman–Crippen MR) is 211 cm³/mol. The number of para-hydroxylation sites is 2. The number of fused-ring (bicyclic) bond motifs is 9. The number of rotatable bonds is 4. The Labute approximate surface area is 303 Å². The van der Waals surface area contributed by atoms with Crippen LogP contribution in [-0.2, 0) is 10.8 Å². The molecular formula is C48H38N2. The van der Waals surface area contributed by atoms with Crippen molar-refractivity contribution >= 4 is 38.9 Å². The van der Waals surface area contributed by atoms with Crippen LogP contribution in [0.5, 0.6) is 0 Å². The maximum atomic E-state index is 9.78. The first-order valence-electron chi connectivity index (χ1n) is 20.6. The molecule has 1 heterocycles. The van der Waals surface area contributed by atoms with Crippen molar-refractivity contribution in [1.29, 1.82) is 0 Å². The molecule has 240 valence electrons. The summed E-state index contributed by atoms with van der Waals surface area (Å²) < 4.78 is 66.5. The van der Waals surface area contributed by atoms with Crippen LogP contribution >= 0.6 is 0 Å². The SMILES string of the molecule is [2H]c1c([2H])c([2H])c2c(c1[2H])c1c(N(c3ccc4c(c3)C(C)(C)c3ccccc3-4)c3ccc4c(c3)C(C)(C)c3ccccc3-4)c([2H])c([2H])c([2H])c1n2-c1ccccc1. The third-order valence-electron chi connectivity index (χ3n) is 11.1. The van der Waals surface area contributed by atoms with E-state index in [1.165, 1.54) is 22.3 Å². The molecule has 0 saturated carbocycles. The number of nitrogens with zero attached hydrogens (tertiary/aromatic N) is 2. The van der Waals surface area contributed by atoms with E-state index in [2.05, 4.69) is 100 Å². The van der Waals surface area contributed by atoms with Gasteiger partial charge in [0, 0.05) is 38.7 Å². The Morgan fingerprint density at radius 1 is 0.500 bits per heavy atom. The summed E-state index contributed by atoms with van der Waals surface area (Å²) in [4.78, 5) is 1.98. The molecule has 0 N–H and O–H groups in total. The Hall–Kier alpha value is -5.86. The van der Waals surface area contributed by atoms with Gasteiger partial charge in [0.25, 0.3) is 0 Å². The molecule has 0 bridgehead atoms. The van der Waals surface area contributed by atoms with Crippen LogP contribution < -0.4 is 4.90 Å². The Bertz CT molecular complexity index is 2950. The summed E-state index contributed by atoms with van der Waals surface area (Å²) >= 11 is 0. The average molecular weight is 650 g/mol. The number of aromatic nitrogens is 1. The van der Waals surface area contributed by atoms with Gasteiger partial charge < -0.3 is 9.47 Å². The molecule has 0 amide bonds. The maximum absolute atomic E-state index is 9.78. The lowest BCUT2D eigenvalue weighted by molar-refractivity contribution is 0.660. The first-order valence-corrected chi connectivity index (χ1v) is 17.1. The van der Waals surface area contributed by atoms with Crippen LogP contribution in [0.15, 0.2) is 158 Å². The van der Waals surface area contributed by atoms with Crippen molar-refractivity contribution in [3.8, 4) is 27.9 Å². The Balaban J connectivity index is 1.37. The molecule has 50 heavy (non-hydrogen) atoms. The highest BCUT2D eigenvalue weighted by Crippen LogP contribution is 2.54. The van der Waals surface area contributed by atoms with E-state index >= 15 is 0 Å². The Morgan fingerprint density at radius 2 is 1.02 bits per heavy atom. The lowest BCUT2D eigenvalue weighted by Gasteiger charge is -2.30. The van der Waals surface area contributed by atoms with E-state index in [0.717, 1.165) is 33.6 Å². The lowest BCUT2D eigenvalue weighted by Crippen LogP contribution is -2.18. The van der Waals surface area contributed by atoms with Gasteiger partial charge in [-0.3, -0.25) is 0 Å². The smallest absolute Gasteiger partial charge is 0.0645 e. The molecule has 8 aromatic rings. The third kappa shape index (κ3) is 3.91. The second-order valence-corrected chi connectivity index (χ2v) is 14.5. The first-order chi connectivity index (χ1) is 27.2. The van der Waals surface area contributed by atoms with Crippen LogP contribution in [0.2, 0.25) is 0 Å². The van der Waals surface area contributed by atoms with Crippen molar-refractivity contribution in [2.24, 2.45) is 0 Å². The summed E-state index contributed by atoms with van der Waals surface area (Å²) in [6, 6.07) is 36.7. The van der Waals surface area contributed by atoms with Gasteiger partial charge in [0.1, 0.15) is 0 Å². The fraction of sp³-hybridized carbons (Fsp3) is 0.125. The molecule has 0 saturated heterocycles. The van der Waals surface area contributed by atoms with Crippen molar-refractivity contribution in [1.82, 2.24) is 4.57 Å². The van der Waals surface area contributed by atoms with Gasteiger partial charge in [-0.05, 0) is 99.0 Å². The molecule has 0 fully saturated rings. The molecule has 0 spiro atoms. The molecule has 2 heteroatoms. The van der Waals surface area contributed by atoms with E-state index < -0.39 is 12.1 Å². The topological polar surface area (TPSA) is 8.17 Å². The standard InChI is InChI=1S/C48H38N2/c1-47(2)39-20-11-8-17-34(39)36-27-25-32(29-41(36)47)49(33-26-28-37-35-18-9-12-21-40(35)48(3,4)42(37)30-33)44-23-14-24-45-46(44)38-19-10-13-22-43(38)50(45)31-15-6-5-7-16-31/h5-30H,1-4H3/i10D,13D,14D,19D,22D,23D,24D. The lowest BCUT2D eigenvalue weighted by atomic mass is 9.82.